The summed E-state index contributed by atoms with van der Waals surface area (Å²) in [7, 11) is 0. The van der Waals surface area contributed by atoms with Gasteiger partial charge in [-0.1, -0.05) is 41.9 Å². The fourth-order valence-electron chi connectivity index (χ4n) is 2.41. The molecule has 2 aromatic carbocycles. The number of aliphatic imine (C=N–C) groups is 1. The summed E-state index contributed by atoms with van der Waals surface area (Å²) < 4.78 is 0. The number of nitrogens with one attached hydrogen (secondary N) is 2. The Bertz CT molecular complexity index is 943. The third-order valence-corrected chi connectivity index (χ3v) is 4.34. The van der Waals surface area contributed by atoms with Gasteiger partial charge in [-0.3, -0.25) is 15.1 Å². The van der Waals surface area contributed by atoms with E-state index in [9.17, 15) is 4.79 Å². The zero-order valence-corrected chi connectivity index (χ0v) is 15.6. The largest absolute Gasteiger partial charge is 0.326 e. The summed E-state index contributed by atoms with van der Waals surface area (Å²) in [4.78, 5) is 21.1. The van der Waals surface area contributed by atoms with Crippen LogP contribution < -0.4 is 10.6 Å². The van der Waals surface area contributed by atoms with Gasteiger partial charge in [-0.05, 0) is 48.4 Å². The summed E-state index contributed by atoms with van der Waals surface area (Å²) in [5.74, 6) is 0.103. The number of anilines is 1. The van der Waals surface area contributed by atoms with Crippen LogP contribution in [0.1, 0.15) is 21.5 Å². The number of pyridine rings is 1. The molecule has 5 nitrogen and oxygen atoms in total. The molecule has 1 heterocycles. The minimum Gasteiger partial charge on any atom is -0.326 e. The molecule has 3 aromatic rings. The first-order chi connectivity index (χ1) is 13.1. The SMILES string of the molecule is Cc1c(Cl)cccc1NC(=NCc1cccnc1)NC(=O)c1ccccc1. The summed E-state index contributed by atoms with van der Waals surface area (Å²) in [5, 5.41) is 6.65. The average molecular weight is 379 g/mol. The van der Waals surface area contributed by atoms with Crippen molar-refractivity contribution in [3.05, 3.63) is 94.8 Å². The highest BCUT2D eigenvalue weighted by Crippen LogP contribution is 2.22. The molecule has 0 bridgehead atoms. The molecule has 2 N–H and O–H groups in total. The maximum absolute atomic E-state index is 12.5. The second-order valence-electron chi connectivity index (χ2n) is 5.88. The Hall–Kier alpha value is -3.18. The van der Waals surface area contributed by atoms with Gasteiger partial charge in [0.2, 0.25) is 5.96 Å². The molecule has 3 rings (SSSR count). The van der Waals surface area contributed by atoms with Crippen LogP contribution >= 0.6 is 11.6 Å². The zero-order chi connectivity index (χ0) is 19.1. The normalized spacial score (nSPS) is 11.1. The Morgan fingerprint density at radius 1 is 1.07 bits per heavy atom. The molecule has 27 heavy (non-hydrogen) atoms. The fraction of sp³-hybridized carbons (Fsp3) is 0.0952. The lowest BCUT2D eigenvalue weighted by Gasteiger charge is -2.14. The number of benzene rings is 2. The van der Waals surface area contributed by atoms with Gasteiger partial charge in [-0.15, -0.1) is 0 Å². The van der Waals surface area contributed by atoms with Crippen molar-refractivity contribution in [3.63, 3.8) is 0 Å². The Morgan fingerprint density at radius 2 is 1.89 bits per heavy atom. The van der Waals surface area contributed by atoms with Gasteiger partial charge in [-0.2, -0.15) is 0 Å². The number of carbonyl (C=O) groups excluding carboxylic acids is 1. The van der Waals surface area contributed by atoms with Crippen molar-refractivity contribution >= 4 is 29.2 Å². The minimum atomic E-state index is -0.243. The van der Waals surface area contributed by atoms with Crippen LogP contribution in [0.25, 0.3) is 0 Å². The lowest BCUT2D eigenvalue weighted by atomic mass is 10.2. The van der Waals surface area contributed by atoms with E-state index in [2.05, 4.69) is 20.6 Å². The molecule has 0 atom stereocenters. The van der Waals surface area contributed by atoms with Gasteiger partial charge in [-0.25, -0.2) is 4.99 Å². The third kappa shape index (κ3) is 5.15. The second-order valence-corrected chi connectivity index (χ2v) is 6.29. The topological polar surface area (TPSA) is 66.4 Å². The molecule has 0 unspecified atom stereocenters. The second kappa shape index (κ2) is 8.96. The van der Waals surface area contributed by atoms with E-state index in [-0.39, 0.29) is 5.91 Å². The number of carbonyl (C=O) groups is 1. The fourth-order valence-corrected chi connectivity index (χ4v) is 2.59. The van der Waals surface area contributed by atoms with Crippen LogP contribution in [0.2, 0.25) is 5.02 Å². The minimum absolute atomic E-state index is 0.243. The molecule has 0 spiro atoms. The lowest BCUT2D eigenvalue weighted by molar-refractivity contribution is 0.0977. The predicted octanol–water partition coefficient (Wildman–Crippen LogP) is 4.44. The van der Waals surface area contributed by atoms with Gasteiger partial charge in [0.05, 0.1) is 6.54 Å². The number of aromatic nitrogens is 1. The van der Waals surface area contributed by atoms with Crippen molar-refractivity contribution in [1.29, 1.82) is 0 Å². The number of hydrogen-bond donors (Lipinski definition) is 2. The number of nitrogens with zero attached hydrogens (tertiary/aromatic N) is 2. The quantitative estimate of drug-likeness (QED) is 0.521. The van der Waals surface area contributed by atoms with Crippen molar-refractivity contribution in [1.82, 2.24) is 10.3 Å². The number of amides is 1. The van der Waals surface area contributed by atoms with Crippen LogP contribution in [0, 0.1) is 6.92 Å². The van der Waals surface area contributed by atoms with Crippen LogP contribution in [0.4, 0.5) is 5.69 Å². The van der Waals surface area contributed by atoms with E-state index in [4.69, 9.17) is 11.6 Å². The molecule has 0 saturated heterocycles. The van der Waals surface area contributed by atoms with Crippen LogP contribution in [0.15, 0.2) is 78.0 Å². The Labute approximate surface area is 163 Å². The van der Waals surface area contributed by atoms with E-state index in [0.717, 1.165) is 16.8 Å². The van der Waals surface area contributed by atoms with Gasteiger partial charge in [0.1, 0.15) is 0 Å². The molecule has 0 radical (unpaired) electrons. The van der Waals surface area contributed by atoms with Gasteiger partial charge in [0.15, 0.2) is 0 Å². The molecule has 1 amide bonds. The summed E-state index contributed by atoms with van der Waals surface area (Å²) in [6, 6.07) is 18.3. The standard InChI is InChI=1S/C21H19ClN4O/c1-15-18(22)10-5-11-19(15)25-21(24-14-16-7-6-12-23-13-16)26-20(27)17-8-3-2-4-9-17/h2-13H,14H2,1H3,(H2,24,25,26,27). The molecular weight excluding hydrogens is 360 g/mol. The van der Waals surface area contributed by atoms with Crippen molar-refractivity contribution in [2.45, 2.75) is 13.5 Å². The average Bonchev–Trinajstić information content (AvgIpc) is 2.71. The summed E-state index contributed by atoms with van der Waals surface area (Å²) in [5.41, 5.74) is 3.15. The van der Waals surface area contributed by atoms with Crippen molar-refractivity contribution < 1.29 is 4.79 Å². The summed E-state index contributed by atoms with van der Waals surface area (Å²) >= 11 is 6.20. The molecule has 0 saturated carbocycles. The zero-order valence-electron chi connectivity index (χ0n) is 14.8. The maximum Gasteiger partial charge on any atom is 0.257 e. The van der Waals surface area contributed by atoms with E-state index in [1.165, 1.54) is 0 Å². The molecule has 6 heteroatoms. The smallest absolute Gasteiger partial charge is 0.257 e. The van der Waals surface area contributed by atoms with Crippen LogP contribution in [0.3, 0.4) is 0 Å². The van der Waals surface area contributed by atoms with Crippen LogP contribution in [0.5, 0.6) is 0 Å². The van der Waals surface area contributed by atoms with Gasteiger partial charge >= 0.3 is 0 Å². The van der Waals surface area contributed by atoms with Crippen molar-refractivity contribution in [2.75, 3.05) is 5.32 Å². The first kappa shape index (κ1) is 18.6. The van der Waals surface area contributed by atoms with E-state index in [1.807, 2.05) is 55.5 Å². The number of hydrogen-bond acceptors (Lipinski definition) is 3. The van der Waals surface area contributed by atoms with Gasteiger partial charge in [0.25, 0.3) is 5.91 Å². The van der Waals surface area contributed by atoms with Crippen LogP contribution in [-0.4, -0.2) is 16.9 Å². The van der Waals surface area contributed by atoms with Crippen molar-refractivity contribution in [2.24, 2.45) is 4.99 Å². The highest BCUT2D eigenvalue weighted by molar-refractivity contribution is 6.31. The first-order valence-electron chi connectivity index (χ1n) is 8.45. The van der Waals surface area contributed by atoms with E-state index in [0.29, 0.717) is 23.1 Å². The van der Waals surface area contributed by atoms with E-state index >= 15 is 0 Å². The summed E-state index contributed by atoms with van der Waals surface area (Å²) in [6.07, 6.45) is 3.45. The number of rotatable bonds is 4. The monoisotopic (exact) mass is 378 g/mol. The Morgan fingerprint density at radius 3 is 2.63 bits per heavy atom. The van der Waals surface area contributed by atoms with Crippen molar-refractivity contribution in [3.8, 4) is 0 Å². The third-order valence-electron chi connectivity index (χ3n) is 3.93. The van der Waals surface area contributed by atoms with Crippen LogP contribution in [-0.2, 0) is 6.54 Å². The molecule has 0 aliphatic carbocycles. The number of guanidine groups is 1. The molecular formula is C21H19ClN4O. The molecule has 0 aliphatic heterocycles. The van der Waals surface area contributed by atoms with E-state index < -0.39 is 0 Å². The highest BCUT2D eigenvalue weighted by Gasteiger charge is 2.11. The first-order valence-corrected chi connectivity index (χ1v) is 8.83. The predicted molar refractivity (Wildman–Crippen MR) is 109 cm³/mol. The van der Waals surface area contributed by atoms with E-state index in [1.54, 1.807) is 24.5 Å². The summed E-state index contributed by atoms with van der Waals surface area (Å²) in [6.45, 7) is 2.28. The van der Waals surface area contributed by atoms with Gasteiger partial charge in [0, 0.05) is 28.7 Å². The Kier molecular flexibility index (Phi) is 6.18. The molecule has 1 aromatic heterocycles. The lowest BCUT2D eigenvalue weighted by Crippen LogP contribution is -2.36. The molecule has 0 fully saturated rings. The molecule has 136 valence electrons. The maximum atomic E-state index is 12.5. The highest BCUT2D eigenvalue weighted by atomic mass is 35.5. The number of halogens is 1. The Balaban J connectivity index is 1.83. The van der Waals surface area contributed by atoms with Gasteiger partial charge < -0.3 is 5.32 Å². The molecule has 0 aliphatic rings.